The Balaban J connectivity index is 1.57. The Bertz CT molecular complexity index is 1440. The van der Waals surface area contributed by atoms with E-state index in [1.54, 1.807) is 13.8 Å². The summed E-state index contributed by atoms with van der Waals surface area (Å²) in [6.07, 6.45) is -1.52. The minimum atomic E-state index is -4.56. The topological polar surface area (TPSA) is 132 Å². The zero-order chi connectivity index (χ0) is 24.2. The summed E-state index contributed by atoms with van der Waals surface area (Å²) in [5.74, 6) is 0.997. The summed E-state index contributed by atoms with van der Waals surface area (Å²) >= 11 is 0. The van der Waals surface area contributed by atoms with E-state index in [1.807, 2.05) is 0 Å². The van der Waals surface area contributed by atoms with Crippen LogP contribution in [0.3, 0.4) is 0 Å². The Morgan fingerprint density at radius 1 is 1.24 bits per heavy atom. The third-order valence-electron chi connectivity index (χ3n) is 6.13. The lowest BCUT2D eigenvalue weighted by Crippen LogP contribution is -2.27. The number of nitrogens with one attached hydrogen (secondary N) is 1. The van der Waals surface area contributed by atoms with Crippen molar-refractivity contribution in [3.63, 3.8) is 0 Å². The molecule has 1 aliphatic carbocycles. The lowest BCUT2D eigenvalue weighted by molar-refractivity contribution is -0.141. The number of H-pyrrole nitrogens is 1. The number of hydrogen-bond donors (Lipinski definition) is 1. The number of aryl methyl sites for hydroxylation is 1. The first-order valence-corrected chi connectivity index (χ1v) is 10.5. The molecule has 1 N–H and O–H groups in total. The molecule has 1 saturated carbocycles. The number of carbonyl (C=O) groups excluding carboxylic acids is 1. The number of alkyl halides is 3. The number of rotatable bonds is 5. The van der Waals surface area contributed by atoms with E-state index in [-0.39, 0.29) is 28.6 Å². The fraction of sp³-hybridized carbons (Fsp3) is 0.381. The quantitative estimate of drug-likeness (QED) is 0.437. The Morgan fingerprint density at radius 3 is 2.56 bits per heavy atom. The number of carbonyl (C=O) groups is 1. The maximum atomic E-state index is 12.9. The van der Waals surface area contributed by atoms with Crippen LogP contribution >= 0.6 is 0 Å². The standard InChI is InChI=1S/C21H18F3N7O3/c1-9(11-3-6-15(25-7-11)21(22,23)24)31-18-16(14(8-32)30-31)19(33)27-17(26-18)12-4-5-13(12)20-29-28-10(2)34-20/h3,6-9,12-13H,4-5H2,1-2H3,(H,26,27,33). The predicted molar refractivity (Wildman–Crippen MR) is 110 cm³/mol. The highest BCUT2D eigenvalue weighted by atomic mass is 19.4. The Hall–Kier alpha value is -3.90. The SMILES string of the molecule is Cc1nnc(C2CCC2c2nc3c(c(C=O)nn3C(C)c3ccc(C(F)(F)F)nc3)c(=O)[nH]2)o1. The van der Waals surface area contributed by atoms with Gasteiger partial charge in [-0.3, -0.25) is 14.6 Å². The van der Waals surface area contributed by atoms with E-state index in [9.17, 15) is 22.8 Å². The van der Waals surface area contributed by atoms with Crippen molar-refractivity contribution in [3.8, 4) is 0 Å². The Morgan fingerprint density at radius 2 is 2.00 bits per heavy atom. The van der Waals surface area contributed by atoms with E-state index < -0.39 is 23.5 Å². The molecular weight excluding hydrogens is 455 g/mol. The van der Waals surface area contributed by atoms with Crippen LogP contribution in [-0.2, 0) is 6.18 Å². The fourth-order valence-electron chi connectivity index (χ4n) is 4.16. The lowest BCUT2D eigenvalue weighted by atomic mass is 9.73. The van der Waals surface area contributed by atoms with Gasteiger partial charge < -0.3 is 9.40 Å². The van der Waals surface area contributed by atoms with Crippen molar-refractivity contribution in [2.45, 2.75) is 50.7 Å². The molecule has 3 atom stereocenters. The average Bonchev–Trinajstić information content (AvgIpc) is 3.35. The van der Waals surface area contributed by atoms with Crippen molar-refractivity contribution in [2.24, 2.45) is 0 Å². The van der Waals surface area contributed by atoms with Crippen LogP contribution in [-0.4, -0.2) is 41.2 Å². The van der Waals surface area contributed by atoms with E-state index in [0.29, 0.717) is 29.5 Å². The molecule has 1 fully saturated rings. The first-order valence-electron chi connectivity index (χ1n) is 10.5. The highest BCUT2D eigenvalue weighted by molar-refractivity contribution is 5.93. The van der Waals surface area contributed by atoms with Gasteiger partial charge in [0.15, 0.2) is 11.9 Å². The third kappa shape index (κ3) is 3.56. The van der Waals surface area contributed by atoms with Gasteiger partial charge in [0.25, 0.3) is 5.56 Å². The van der Waals surface area contributed by atoms with Crippen molar-refractivity contribution in [1.82, 2.24) is 34.9 Å². The molecule has 5 rings (SSSR count). The summed E-state index contributed by atoms with van der Waals surface area (Å²) in [5.41, 5.74) is -1.10. The Labute approximate surface area is 189 Å². The summed E-state index contributed by atoms with van der Waals surface area (Å²) < 4.78 is 45.5. The van der Waals surface area contributed by atoms with Gasteiger partial charge in [0, 0.05) is 25.0 Å². The molecule has 0 aliphatic heterocycles. The van der Waals surface area contributed by atoms with Gasteiger partial charge in [0.1, 0.15) is 22.6 Å². The zero-order valence-corrected chi connectivity index (χ0v) is 18.0. The van der Waals surface area contributed by atoms with Gasteiger partial charge in [-0.1, -0.05) is 6.07 Å². The summed E-state index contributed by atoms with van der Waals surface area (Å²) in [6, 6.07) is 1.50. The largest absolute Gasteiger partial charge is 0.433 e. The van der Waals surface area contributed by atoms with Crippen LogP contribution in [0.15, 0.2) is 27.5 Å². The first-order chi connectivity index (χ1) is 16.2. The van der Waals surface area contributed by atoms with Crippen LogP contribution in [0.4, 0.5) is 13.2 Å². The van der Waals surface area contributed by atoms with Crippen molar-refractivity contribution >= 4 is 17.3 Å². The molecule has 176 valence electrons. The van der Waals surface area contributed by atoms with Gasteiger partial charge in [0.2, 0.25) is 11.8 Å². The second-order valence-electron chi connectivity index (χ2n) is 8.20. The molecular formula is C21H18F3N7O3. The second-order valence-corrected chi connectivity index (χ2v) is 8.20. The molecule has 4 aromatic heterocycles. The van der Waals surface area contributed by atoms with Crippen LogP contribution in [0.1, 0.15) is 77.0 Å². The zero-order valence-electron chi connectivity index (χ0n) is 18.0. The van der Waals surface area contributed by atoms with Gasteiger partial charge >= 0.3 is 6.18 Å². The van der Waals surface area contributed by atoms with E-state index in [4.69, 9.17) is 4.42 Å². The number of halogens is 3. The summed E-state index contributed by atoms with van der Waals surface area (Å²) in [4.78, 5) is 35.3. The van der Waals surface area contributed by atoms with Crippen molar-refractivity contribution in [1.29, 1.82) is 0 Å². The molecule has 1 aliphatic rings. The molecule has 0 bridgehead atoms. The molecule has 0 spiro atoms. The molecule has 3 unspecified atom stereocenters. The number of aromatic amines is 1. The van der Waals surface area contributed by atoms with E-state index in [1.165, 1.54) is 10.7 Å². The maximum Gasteiger partial charge on any atom is 0.433 e. The fourth-order valence-corrected chi connectivity index (χ4v) is 4.16. The molecule has 0 saturated heterocycles. The number of aromatic nitrogens is 7. The smallest absolute Gasteiger partial charge is 0.425 e. The van der Waals surface area contributed by atoms with E-state index in [0.717, 1.165) is 25.1 Å². The van der Waals surface area contributed by atoms with Crippen LogP contribution in [0.25, 0.3) is 11.0 Å². The molecule has 34 heavy (non-hydrogen) atoms. The van der Waals surface area contributed by atoms with E-state index in [2.05, 4.69) is 30.2 Å². The van der Waals surface area contributed by atoms with Crippen LogP contribution in [0.2, 0.25) is 0 Å². The normalized spacial score (nSPS) is 19.2. The molecule has 0 aromatic carbocycles. The van der Waals surface area contributed by atoms with E-state index >= 15 is 0 Å². The van der Waals surface area contributed by atoms with Gasteiger partial charge in [0.05, 0.1) is 6.04 Å². The number of hydrogen-bond acceptors (Lipinski definition) is 8. The number of fused-ring (bicyclic) bond motifs is 1. The minimum absolute atomic E-state index is 0.00924. The summed E-state index contributed by atoms with van der Waals surface area (Å²) in [6.45, 7) is 3.36. The van der Waals surface area contributed by atoms with Crippen molar-refractivity contribution in [2.75, 3.05) is 0 Å². The molecule has 4 heterocycles. The lowest BCUT2D eigenvalue weighted by Gasteiger charge is -2.32. The van der Waals surface area contributed by atoms with Crippen LogP contribution in [0, 0.1) is 6.92 Å². The molecule has 4 aromatic rings. The van der Waals surface area contributed by atoms with Gasteiger partial charge in [-0.05, 0) is 31.4 Å². The minimum Gasteiger partial charge on any atom is -0.425 e. The summed E-state index contributed by atoms with van der Waals surface area (Å²) in [7, 11) is 0. The van der Waals surface area contributed by atoms with Crippen LogP contribution < -0.4 is 5.56 Å². The van der Waals surface area contributed by atoms with Gasteiger partial charge in [-0.15, -0.1) is 10.2 Å². The second kappa shape index (κ2) is 7.85. The summed E-state index contributed by atoms with van der Waals surface area (Å²) in [5, 5.41) is 12.1. The highest BCUT2D eigenvalue weighted by Crippen LogP contribution is 2.47. The molecule has 0 radical (unpaired) electrons. The monoisotopic (exact) mass is 473 g/mol. The number of aldehydes is 1. The highest BCUT2D eigenvalue weighted by Gasteiger charge is 2.39. The molecule has 10 nitrogen and oxygen atoms in total. The first kappa shape index (κ1) is 21.9. The molecule has 0 amide bonds. The van der Waals surface area contributed by atoms with Crippen LogP contribution in [0.5, 0.6) is 0 Å². The predicted octanol–water partition coefficient (Wildman–Crippen LogP) is 3.31. The van der Waals surface area contributed by atoms with Crippen molar-refractivity contribution < 1.29 is 22.4 Å². The number of nitrogens with zero attached hydrogens (tertiary/aromatic N) is 6. The third-order valence-corrected chi connectivity index (χ3v) is 6.13. The Kier molecular flexibility index (Phi) is 5.06. The van der Waals surface area contributed by atoms with Crippen molar-refractivity contribution in [3.05, 3.63) is 63.2 Å². The van der Waals surface area contributed by atoms with Gasteiger partial charge in [-0.2, -0.15) is 18.3 Å². The van der Waals surface area contributed by atoms with Gasteiger partial charge in [-0.25, -0.2) is 9.67 Å². The molecule has 13 heteroatoms. The average molecular weight is 473 g/mol. The maximum absolute atomic E-state index is 12.9. The number of pyridine rings is 1.